The van der Waals surface area contributed by atoms with E-state index in [1.54, 1.807) is 6.08 Å². The number of hydrogen-bond donors (Lipinski definition) is 1. The second kappa shape index (κ2) is 2.29. The molecule has 0 aromatic heterocycles. The molecule has 1 fully saturated rings. The smallest absolute Gasteiger partial charge is 0.0904 e. The fourth-order valence-corrected chi connectivity index (χ4v) is 0.871. The Kier molecular flexibility index (Phi) is 1.65. The van der Waals surface area contributed by atoms with Crippen molar-refractivity contribution in [2.24, 2.45) is 5.73 Å². The molecule has 0 aliphatic carbocycles. The van der Waals surface area contributed by atoms with Crippen LogP contribution in [0.15, 0.2) is 12.7 Å². The van der Waals surface area contributed by atoms with Gasteiger partial charge in [-0.05, 0) is 6.42 Å². The minimum Gasteiger partial charge on any atom is -0.372 e. The molecule has 1 aliphatic heterocycles. The second-order valence-electron chi connectivity index (χ2n) is 2.02. The van der Waals surface area contributed by atoms with Gasteiger partial charge in [-0.1, -0.05) is 6.08 Å². The van der Waals surface area contributed by atoms with Gasteiger partial charge in [-0.15, -0.1) is 6.58 Å². The summed E-state index contributed by atoms with van der Waals surface area (Å²) < 4.78 is 5.17. The Morgan fingerprint density at radius 1 is 1.75 bits per heavy atom. The molecule has 1 rings (SSSR count). The lowest BCUT2D eigenvalue weighted by Gasteiger charge is -2.06. The Labute approximate surface area is 49.3 Å². The van der Waals surface area contributed by atoms with Crippen molar-refractivity contribution in [2.45, 2.75) is 18.6 Å². The van der Waals surface area contributed by atoms with E-state index in [-0.39, 0.29) is 12.1 Å². The van der Waals surface area contributed by atoms with Gasteiger partial charge in [-0.25, -0.2) is 0 Å². The van der Waals surface area contributed by atoms with Gasteiger partial charge in [0, 0.05) is 12.6 Å². The molecule has 2 atom stereocenters. The van der Waals surface area contributed by atoms with Crippen LogP contribution in [0.1, 0.15) is 6.42 Å². The summed E-state index contributed by atoms with van der Waals surface area (Å²) >= 11 is 0. The maximum Gasteiger partial charge on any atom is 0.0904 e. The third kappa shape index (κ3) is 0.904. The summed E-state index contributed by atoms with van der Waals surface area (Å²) in [5.74, 6) is 0. The standard InChI is InChI=1S/C6H11NO/c1-2-6-5(7)3-4-8-6/h2,5-6H,1,3-4,7H2/t5-,6-/m1/s1. The van der Waals surface area contributed by atoms with Gasteiger partial charge in [0.05, 0.1) is 6.10 Å². The number of ether oxygens (including phenoxy) is 1. The third-order valence-corrected chi connectivity index (χ3v) is 1.42. The van der Waals surface area contributed by atoms with Crippen molar-refractivity contribution in [3.8, 4) is 0 Å². The first-order chi connectivity index (χ1) is 3.84. The lowest BCUT2D eigenvalue weighted by atomic mass is 10.1. The van der Waals surface area contributed by atoms with Crippen LogP contribution in [-0.2, 0) is 4.74 Å². The lowest BCUT2D eigenvalue weighted by molar-refractivity contribution is 0.140. The topological polar surface area (TPSA) is 35.2 Å². The summed E-state index contributed by atoms with van der Waals surface area (Å²) in [6, 6.07) is 0.187. The molecule has 1 aliphatic rings. The molecule has 2 nitrogen and oxygen atoms in total. The molecular formula is C6H11NO. The highest BCUT2D eigenvalue weighted by Gasteiger charge is 2.20. The maximum absolute atomic E-state index is 5.59. The van der Waals surface area contributed by atoms with Crippen LogP contribution in [0.5, 0.6) is 0 Å². The fourth-order valence-electron chi connectivity index (χ4n) is 0.871. The number of nitrogens with two attached hydrogens (primary N) is 1. The molecule has 0 aromatic rings. The molecule has 1 saturated heterocycles. The summed E-state index contributed by atoms with van der Waals surface area (Å²) in [6.45, 7) is 4.38. The first kappa shape index (κ1) is 5.79. The molecule has 0 aromatic carbocycles. The summed E-state index contributed by atoms with van der Waals surface area (Å²) in [4.78, 5) is 0. The monoisotopic (exact) mass is 113 g/mol. The molecule has 0 bridgehead atoms. The highest BCUT2D eigenvalue weighted by atomic mass is 16.5. The van der Waals surface area contributed by atoms with Gasteiger partial charge in [0.25, 0.3) is 0 Å². The highest BCUT2D eigenvalue weighted by molar-refractivity contribution is 4.91. The quantitative estimate of drug-likeness (QED) is 0.496. The Balaban J connectivity index is 2.41. The van der Waals surface area contributed by atoms with Crippen molar-refractivity contribution in [2.75, 3.05) is 6.61 Å². The summed E-state index contributed by atoms with van der Waals surface area (Å²) in [5, 5.41) is 0. The van der Waals surface area contributed by atoms with E-state index in [1.807, 2.05) is 0 Å². The van der Waals surface area contributed by atoms with Gasteiger partial charge in [-0.3, -0.25) is 0 Å². The largest absolute Gasteiger partial charge is 0.372 e. The van der Waals surface area contributed by atoms with Crippen LogP contribution in [0.2, 0.25) is 0 Å². The van der Waals surface area contributed by atoms with Crippen LogP contribution in [0, 0.1) is 0 Å². The molecule has 0 amide bonds. The molecule has 0 unspecified atom stereocenters. The molecule has 46 valence electrons. The molecule has 8 heavy (non-hydrogen) atoms. The normalized spacial score (nSPS) is 37.6. The molecule has 2 heteroatoms. The first-order valence-corrected chi connectivity index (χ1v) is 2.84. The van der Waals surface area contributed by atoms with Gasteiger partial charge >= 0.3 is 0 Å². The minimum atomic E-state index is 0.106. The van der Waals surface area contributed by atoms with E-state index in [1.165, 1.54) is 0 Å². The van der Waals surface area contributed by atoms with E-state index < -0.39 is 0 Å². The molecule has 0 saturated carbocycles. The van der Waals surface area contributed by atoms with Crippen LogP contribution in [0.4, 0.5) is 0 Å². The van der Waals surface area contributed by atoms with E-state index >= 15 is 0 Å². The predicted octanol–water partition coefficient (Wildman–Crippen LogP) is 0.289. The van der Waals surface area contributed by atoms with Crippen LogP contribution in [0.25, 0.3) is 0 Å². The van der Waals surface area contributed by atoms with Gasteiger partial charge in [-0.2, -0.15) is 0 Å². The van der Waals surface area contributed by atoms with Crippen molar-refractivity contribution in [1.82, 2.24) is 0 Å². The molecule has 0 radical (unpaired) electrons. The summed E-state index contributed by atoms with van der Waals surface area (Å²) in [6.07, 6.45) is 2.84. The van der Waals surface area contributed by atoms with Crippen LogP contribution in [-0.4, -0.2) is 18.8 Å². The summed E-state index contributed by atoms with van der Waals surface area (Å²) in [7, 11) is 0. The molecule has 0 spiro atoms. The zero-order valence-corrected chi connectivity index (χ0v) is 4.84. The molecule has 1 heterocycles. The summed E-state index contributed by atoms with van der Waals surface area (Å²) in [5.41, 5.74) is 5.59. The Morgan fingerprint density at radius 3 is 2.75 bits per heavy atom. The molecule has 2 N–H and O–H groups in total. The van der Waals surface area contributed by atoms with Gasteiger partial charge in [0.15, 0.2) is 0 Å². The maximum atomic E-state index is 5.59. The Hall–Kier alpha value is -0.340. The first-order valence-electron chi connectivity index (χ1n) is 2.84. The third-order valence-electron chi connectivity index (χ3n) is 1.42. The highest BCUT2D eigenvalue weighted by Crippen LogP contribution is 2.10. The minimum absolute atomic E-state index is 0.106. The number of hydrogen-bond acceptors (Lipinski definition) is 2. The van der Waals surface area contributed by atoms with E-state index in [9.17, 15) is 0 Å². The second-order valence-corrected chi connectivity index (χ2v) is 2.02. The van der Waals surface area contributed by atoms with Crippen molar-refractivity contribution < 1.29 is 4.74 Å². The van der Waals surface area contributed by atoms with E-state index in [0.29, 0.717) is 0 Å². The Bertz CT molecular complexity index is 92.5. The van der Waals surface area contributed by atoms with Gasteiger partial charge in [0.1, 0.15) is 0 Å². The Morgan fingerprint density at radius 2 is 2.50 bits per heavy atom. The average molecular weight is 113 g/mol. The zero-order chi connectivity index (χ0) is 5.98. The van der Waals surface area contributed by atoms with Crippen LogP contribution < -0.4 is 5.73 Å². The lowest BCUT2D eigenvalue weighted by Crippen LogP contribution is -2.27. The van der Waals surface area contributed by atoms with E-state index in [4.69, 9.17) is 10.5 Å². The van der Waals surface area contributed by atoms with Crippen LogP contribution in [0.3, 0.4) is 0 Å². The number of rotatable bonds is 1. The van der Waals surface area contributed by atoms with Crippen molar-refractivity contribution in [1.29, 1.82) is 0 Å². The SMILES string of the molecule is C=C[C@H]1OCC[C@H]1N. The fraction of sp³-hybridized carbons (Fsp3) is 0.667. The van der Waals surface area contributed by atoms with E-state index in [0.717, 1.165) is 13.0 Å². The predicted molar refractivity (Wildman–Crippen MR) is 32.5 cm³/mol. The van der Waals surface area contributed by atoms with Crippen molar-refractivity contribution in [3.63, 3.8) is 0 Å². The van der Waals surface area contributed by atoms with E-state index in [2.05, 4.69) is 6.58 Å². The van der Waals surface area contributed by atoms with Crippen molar-refractivity contribution >= 4 is 0 Å². The zero-order valence-electron chi connectivity index (χ0n) is 4.84. The van der Waals surface area contributed by atoms with Crippen LogP contribution >= 0.6 is 0 Å². The average Bonchev–Trinajstić information content (AvgIpc) is 2.14. The van der Waals surface area contributed by atoms with Gasteiger partial charge < -0.3 is 10.5 Å². The molecular weight excluding hydrogens is 102 g/mol. The van der Waals surface area contributed by atoms with Gasteiger partial charge in [0.2, 0.25) is 0 Å². The van der Waals surface area contributed by atoms with Crippen molar-refractivity contribution in [3.05, 3.63) is 12.7 Å².